The van der Waals surface area contributed by atoms with Gasteiger partial charge in [-0.25, -0.2) is 8.42 Å². The van der Waals surface area contributed by atoms with Gasteiger partial charge in [0.1, 0.15) is 0 Å². The molecule has 1 aromatic rings. The third-order valence-corrected chi connectivity index (χ3v) is 3.27. The lowest BCUT2D eigenvalue weighted by molar-refractivity contribution is 0.0954. The second kappa shape index (κ2) is 5.56. The number of nitrogens with two attached hydrogens (primary N) is 1. The molecule has 0 saturated heterocycles. The van der Waals surface area contributed by atoms with Gasteiger partial charge in [0.25, 0.3) is 5.91 Å². The normalized spacial score (nSPS) is 10.7. The van der Waals surface area contributed by atoms with Crippen LogP contribution in [0.4, 0.5) is 5.69 Å². The van der Waals surface area contributed by atoms with Crippen molar-refractivity contribution in [3.8, 4) is 12.3 Å². The molecular formula is C12H14N2O3S. The molecule has 0 aliphatic carbocycles. The van der Waals surface area contributed by atoms with Crippen molar-refractivity contribution in [3.63, 3.8) is 0 Å². The zero-order valence-corrected chi connectivity index (χ0v) is 10.8. The summed E-state index contributed by atoms with van der Waals surface area (Å²) < 4.78 is 22.8. The average molecular weight is 266 g/mol. The van der Waals surface area contributed by atoms with Crippen molar-refractivity contribution in [2.45, 2.75) is 11.3 Å². The van der Waals surface area contributed by atoms with Crippen molar-refractivity contribution >= 4 is 21.4 Å². The molecule has 0 aromatic heterocycles. The summed E-state index contributed by atoms with van der Waals surface area (Å²) in [5.74, 6) is 1.99. The summed E-state index contributed by atoms with van der Waals surface area (Å²) in [6, 6.07) is 4.02. The zero-order valence-electron chi connectivity index (χ0n) is 9.93. The number of carbonyl (C=O) groups excluding carboxylic acids is 1. The van der Waals surface area contributed by atoms with Crippen LogP contribution in [-0.4, -0.2) is 27.1 Å². The molecule has 0 unspecified atom stereocenters. The van der Waals surface area contributed by atoms with Crippen molar-refractivity contribution in [2.75, 3.05) is 18.5 Å². The number of terminal acetylenes is 1. The van der Waals surface area contributed by atoms with Crippen LogP contribution < -0.4 is 11.1 Å². The molecule has 18 heavy (non-hydrogen) atoms. The third-order valence-electron chi connectivity index (χ3n) is 2.17. The van der Waals surface area contributed by atoms with E-state index in [1.807, 2.05) is 0 Å². The molecule has 96 valence electrons. The summed E-state index contributed by atoms with van der Waals surface area (Å²) in [5.41, 5.74) is 6.00. The number of nitrogens with one attached hydrogen (secondary N) is 1. The Morgan fingerprint density at radius 2 is 2.11 bits per heavy atom. The van der Waals surface area contributed by atoms with Crippen LogP contribution in [0.1, 0.15) is 16.8 Å². The van der Waals surface area contributed by atoms with Gasteiger partial charge < -0.3 is 11.1 Å². The van der Waals surface area contributed by atoms with Crippen LogP contribution in [0, 0.1) is 12.3 Å². The number of sulfone groups is 1. The van der Waals surface area contributed by atoms with Crippen molar-refractivity contribution in [2.24, 2.45) is 0 Å². The molecule has 0 atom stereocenters. The number of hydrogen-bond acceptors (Lipinski definition) is 4. The number of benzene rings is 1. The topological polar surface area (TPSA) is 89.3 Å². The molecule has 0 saturated carbocycles. The van der Waals surface area contributed by atoms with E-state index in [9.17, 15) is 13.2 Å². The average Bonchev–Trinajstić information content (AvgIpc) is 2.27. The van der Waals surface area contributed by atoms with Crippen LogP contribution in [0.3, 0.4) is 0 Å². The Labute approximate surface area is 106 Å². The summed E-state index contributed by atoms with van der Waals surface area (Å²) in [7, 11) is -3.40. The Hall–Kier alpha value is -2.00. The summed E-state index contributed by atoms with van der Waals surface area (Å²) >= 11 is 0. The Kier molecular flexibility index (Phi) is 4.34. The van der Waals surface area contributed by atoms with Crippen LogP contribution >= 0.6 is 0 Å². The predicted octanol–water partition coefficient (Wildman–Crippen LogP) is 0.425. The minimum atomic E-state index is -3.40. The molecule has 0 heterocycles. The maximum Gasteiger partial charge on any atom is 0.251 e. The van der Waals surface area contributed by atoms with Gasteiger partial charge in [0.05, 0.1) is 4.90 Å². The van der Waals surface area contributed by atoms with Gasteiger partial charge in [-0.1, -0.05) is 0 Å². The lowest BCUT2D eigenvalue weighted by Crippen LogP contribution is -2.24. The second-order valence-electron chi connectivity index (χ2n) is 3.77. The highest BCUT2D eigenvalue weighted by Gasteiger charge is 2.13. The fourth-order valence-electron chi connectivity index (χ4n) is 1.32. The molecule has 0 aliphatic rings. The highest BCUT2D eigenvalue weighted by molar-refractivity contribution is 7.90. The molecule has 5 nitrogen and oxygen atoms in total. The number of rotatable bonds is 4. The first-order valence-electron chi connectivity index (χ1n) is 5.17. The van der Waals surface area contributed by atoms with Crippen molar-refractivity contribution in [3.05, 3.63) is 23.8 Å². The van der Waals surface area contributed by atoms with Gasteiger partial charge in [-0.15, -0.1) is 12.3 Å². The van der Waals surface area contributed by atoms with E-state index >= 15 is 0 Å². The van der Waals surface area contributed by atoms with E-state index in [4.69, 9.17) is 12.2 Å². The number of anilines is 1. The smallest absolute Gasteiger partial charge is 0.251 e. The first-order valence-corrected chi connectivity index (χ1v) is 7.06. The van der Waals surface area contributed by atoms with Crippen molar-refractivity contribution < 1.29 is 13.2 Å². The Bertz CT molecular complexity index is 600. The van der Waals surface area contributed by atoms with Gasteiger partial charge in [0, 0.05) is 30.5 Å². The molecule has 0 fully saturated rings. The number of hydrogen-bond donors (Lipinski definition) is 2. The Balaban J connectivity index is 3.01. The zero-order chi connectivity index (χ0) is 13.8. The quantitative estimate of drug-likeness (QED) is 0.470. The van der Waals surface area contributed by atoms with Crippen LogP contribution in [0.2, 0.25) is 0 Å². The van der Waals surface area contributed by atoms with E-state index in [1.165, 1.54) is 18.2 Å². The SMILES string of the molecule is C#CCCNC(=O)c1cc(N)cc(S(C)(=O)=O)c1. The second-order valence-corrected chi connectivity index (χ2v) is 5.79. The summed E-state index contributed by atoms with van der Waals surface area (Å²) in [6.45, 7) is 0.332. The van der Waals surface area contributed by atoms with Gasteiger partial charge in [-0.2, -0.15) is 0 Å². The van der Waals surface area contributed by atoms with Crippen molar-refractivity contribution in [1.82, 2.24) is 5.32 Å². The molecule has 1 aromatic carbocycles. The predicted molar refractivity (Wildman–Crippen MR) is 69.7 cm³/mol. The van der Waals surface area contributed by atoms with Crippen LogP contribution in [0.15, 0.2) is 23.1 Å². The molecule has 1 rings (SSSR count). The lowest BCUT2D eigenvalue weighted by Gasteiger charge is -2.06. The van der Waals surface area contributed by atoms with Gasteiger partial charge >= 0.3 is 0 Å². The maximum atomic E-state index is 11.7. The molecule has 0 spiro atoms. The van der Waals surface area contributed by atoms with Gasteiger partial charge in [0.2, 0.25) is 0 Å². The molecule has 0 radical (unpaired) electrons. The molecule has 1 amide bonds. The number of nitrogen functional groups attached to an aromatic ring is 1. The number of amides is 1. The molecule has 0 aliphatic heterocycles. The van der Waals surface area contributed by atoms with E-state index in [2.05, 4.69) is 11.2 Å². The van der Waals surface area contributed by atoms with E-state index in [0.717, 1.165) is 6.26 Å². The summed E-state index contributed by atoms with van der Waals surface area (Å²) in [5, 5.41) is 2.57. The highest BCUT2D eigenvalue weighted by Crippen LogP contribution is 2.16. The van der Waals surface area contributed by atoms with Crippen LogP contribution in [0.5, 0.6) is 0 Å². The van der Waals surface area contributed by atoms with Gasteiger partial charge in [-0.3, -0.25) is 4.79 Å². The molecular weight excluding hydrogens is 252 g/mol. The van der Waals surface area contributed by atoms with E-state index in [0.29, 0.717) is 13.0 Å². The third kappa shape index (κ3) is 3.79. The Morgan fingerprint density at radius 3 is 2.67 bits per heavy atom. The minimum Gasteiger partial charge on any atom is -0.399 e. The molecule has 0 bridgehead atoms. The van der Waals surface area contributed by atoms with E-state index < -0.39 is 15.7 Å². The van der Waals surface area contributed by atoms with E-state index in [1.54, 1.807) is 0 Å². The number of carbonyl (C=O) groups is 1. The van der Waals surface area contributed by atoms with E-state index in [-0.39, 0.29) is 16.1 Å². The molecule has 6 heteroatoms. The first-order chi connectivity index (χ1) is 8.34. The Morgan fingerprint density at radius 1 is 1.44 bits per heavy atom. The highest BCUT2D eigenvalue weighted by atomic mass is 32.2. The maximum absolute atomic E-state index is 11.7. The van der Waals surface area contributed by atoms with Crippen LogP contribution in [-0.2, 0) is 9.84 Å². The van der Waals surface area contributed by atoms with Crippen molar-refractivity contribution in [1.29, 1.82) is 0 Å². The first kappa shape index (κ1) is 14.1. The monoisotopic (exact) mass is 266 g/mol. The summed E-state index contributed by atoms with van der Waals surface area (Å²) in [6.07, 6.45) is 6.53. The minimum absolute atomic E-state index is 0.0181. The summed E-state index contributed by atoms with van der Waals surface area (Å²) in [4.78, 5) is 11.7. The van der Waals surface area contributed by atoms with Crippen LogP contribution in [0.25, 0.3) is 0 Å². The fourth-order valence-corrected chi connectivity index (χ4v) is 2.01. The lowest BCUT2D eigenvalue weighted by atomic mass is 10.2. The standard InChI is InChI=1S/C12H14N2O3S/c1-3-4-5-14-12(15)9-6-10(13)8-11(7-9)18(2,16)17/h1,6-8H,4-5,13H2,2H3,(H,14,15). The van der Waals surface area contributed by atoms with Gasteiger partial charge in [-0.05, 0) is 18.2 Å². The molecule has 3 N–H and O–H groups in total. The largest absolute Gasteiger partial charge is 0.399 e. The fraction of sp³-hybridized carbons (Fsp3) is 0.250. The van der Waals surface area contributed by atoms with Gasteiger partial charge in [0.15, 0.2) is 9.84 Å².